The Balaban J connectivity index is 1.74. The summed E-state index contributed by atoms with van der Waals surface area (Å²) in [7, 11) is -3.28. The third-order valence-corrected chi connectivity index (χ3v) is 6.40. The van der Waals surface area contributed by atoms with Crippen LogP contribution in [0, 0.1) is 11.8 Å². The molecule has 2 aliphatic rings. The first-order valence-electron chi connectivity index (χ1n) is 8.57. The van der Waals surface area contributed by atoms with Gasteiger partial charge in [-0.1, -0.05) is 32.6 Å². The third kappa shape index (κ3) is 5.51. The minimum atomic E-state index is -3.28. The lowest BCUT2D eigenvalue weighted by Gasteiger charge is -2.32. The number of hydrogen-bond acceptors (Lipinski definition) is 3. The molecule has 0 amide bonds. The van der Waals surface area contributed by atoms with Crippen molar-refractivity contribution in [2.45, 2.75) is 51.9 Å². The van der Waals surface area contributed by atoms with Gasteiger partial charge in [-0.2, -0.15) is 12.7 Å². The molecule has 1 aliphatic carbocycles. The van der Waals surface area contributed by atoms with Crippen LogP contribution in [-0.2, 0) is 10.2 Å². The van der Waals surface area contributed by atoms with Crippen LogP contribution < -0.4 is 10.0 Å². The van der Waals surface area contributed by atoms with E-state index < -0.39 is 10.2 Å². The number of piperidine rings is 1. The van der Waals surface area contributed by atoms with Gasteiger partial charge in [0.05, 0.1) is 0 Å². The zero-order chi connectivity index (χ0) is 15.1. The van der Waals surface area contributed by atoms with Gasteiger partial charge in [0, 0.05) is 19.6 Å². The van der Waals surface area contributed by atoms with Gasteiger partial charge < -0.3 is 5.32 Å². The number of rotatable bonds is 8. The molecular formula is C15H31N3O2S. The van der Waals surface area contributed by atoms with Gasteiger partial charge in [0.2, 0.25) is 0 Å². The highest BCUT2D eigenvalue weighted by atomic mass is 32.2. The van der Waals surface area contributed by atoms with Crippen molar-refractivity contribution in [2.75, 3.05) is 32.7 Å². The highest BCUT2D eigenvalue weighted by Crippen LogP contribution is 2.27. The van der Waals surface area contributed by atoms with Gasteiger partial charge in [0.25, 0.3) is 10.2 Å². The summed E-state index contributed by atoms with van der Waals surface area (Å²) in [6, 6.07) is 0. The minimum Gasteiger partial charge on any atom is -0.317 e. The van der Waals surface area contributed by atoms with Crippen molar-refractivity contribution in [2.24, 2.45) is 11.8 Å². The van der Waals surface area contributed by atoms with Crippen LogP contribution in [0.25, 0.3) is 0 Å². The lowest BCUT2D eigenvalue weighted by molar-refractivity contribution is 0.258. The molecule has 0 aromatic heterocycles. The highest BCUT2D eigenvalue weighted by Gasteiger charge is 2.28. The maximum atomic E-state index is 12.4. The van der Waals surface area contributed by atoms with E-state index in [4.69, 9.17) is 0 Å². The molecule has 124 valence electrons. The van der Waals surface area contributed by atoms with E-state index in [0.717, 1.165) is 38.3 Å². The second-order valence-corrected chi connectivity index (χ2v) is 8.27. The van der Waals surface area contributed by atoms with E-state index in [1.54, 1.807) is 4.31 Å². The Morgan fingerprint density at radius 3 is 2.52 bits per heavy atom. The summed E-state index contributed by atoms with van der Waals surface area (Å²) in [5, 5.41) is 3.33. The molecule has 0 spiro atoms. The molecule has 1 aliphatic heterocycles. The van der Waals surface area contributed by atoms with Gasteiger partial charge in [-0.15, -0.1) is 0 Å². The molecule has 0 radical (unpaired) electrons. The molecule has 0 bridgehead atoms. The van der Waals surface area contributed by atoms with E-state index in [1.165, 1.54) is 25.7 Å². The Morgan fingerprint density at radius 1 is 1.10 bits per heavy atom. The molecule has 2 fully saturated rings. The Kier molecular flexibility index (Phi) is 6.92. The summed E-state index contributed by atoms with van der Waals surface area (Å²) in [4.78, 5) is 0. The van der Waals surface area contributed by atoms with Crippen molar-refractivity contribution in [3.05, 3.63) is 0 Å². The van der Waals surface area contributed by atoms with Gasteiger partial charge >= 0.3 is 0 Å². The molecule has 21 heavy (non-hydrogen) atoms. The first kappa shape index (κ1) is 17.2. The smallest absolute Gasteiger partial charge is 0.279 e. The number of nitrogens with zero attached hydrogens (tertiary/aromatic N) is 1. The summed E-state index contributed by atoms with van der Waals surface area (Å²) >= 11 is 0. The average Bonchev–Trinajstić information content (AvgIpc) is 2.98. The number of nitrogens with one attached hydrogen (secondary N) is 2. The van der Waals surface area contributed by atoms with Crippen LogP contribution in [0.2, 0.25) is 0 Å². The second-order valence-electron chi connectivity index (χ2n) is 6.51. The monoisotopic (exact) mass is 317 g/mol. The van der Waals surface area contributed by atoms with Crippen LogP contribution in [0.4, 0.5) is 0 Å². The topological polar surface area (TPSA) is 61.4 Å². The Morgan fingerprint density at radius 2 is 1.81 bits per heavy atom. The fraction of sp³-hybridized carbons (Fsp3) is 1.00. The summed E-state index contributed by atoms with van der Waals surface area (Å²) in [6.07, 6.45) is 8.27. The quantitative estimate of drug-likeness (QED) is 0.716. The Hall–Kier alpha value is -0.170. The van der Waals surface area contributed by atoms with Crippen molar-refractivity contribution in [3.63, 3.8) is 0 Å². The molecular weight excluding hydrogens is 286 g/mol. The van der Waals surface area contributed by atoms with Crippen molar-refractivity contribution >= 4 is 10.2 Å². The van der Waals surface area contributed by atoms with E-state index in [9.17, 15) is 8.42 Å². The zero-order valence-corrected chi connectivity index (χ0v) is 14.1. The third-order valence-electron chi connectivity index (χ3n) is 4.82. The van der Waals surface area contributed by atoms with E-state index in [-0.39, 0.29) is 0 Å². The maximum absolute atomic E-state index is 12.4. The molecule has 5 nitrogen and oxygen atoms in total. The molecule has 0 aromatic rings. The Bertz CT molecular complexity index is 394. The van der Waals surface area contributed by atoms with E-state index in [2.05, 4.69) is 17.0 Å². The maximum Gasteiger partial charge on any atom is 0.279 e. The van der Waals surface area contributed by atoms with Crippen LogP contribution in [0.5, 0.6) is 0 Å². The van der Waals surface area contributed by atoms with Gasteiger partial charge in [0.1, 0.15) is 0 Å². The molecule has 1 atom stereocenters. The first-order valence-corrected chi connectivity index (χ1v) is 10.0. The second kappa shape index (κ2) is 8.46. The van der Waals surface area contributed by atoms with Crippen LogP contribution >= 0.6 is 0 Å². The summed E-state index contributed by atoms with van der Waals surface area (Å²) in [5.41, 5.74) is 0. The molecule has 2 rings (SSSR count). The van der Waals surface area contributed by atoms with Gasteiger partial charge in [0.15, 0.2) is 0 Å². The zero-order valence-electron chi connectivity index (χ0n) is 13.3. The van der Waals surface area contributed by atoms with E-state index in [0.29, 0.717) is 25.6 Å². The summed E-state index contributed by atoms with van der Waals surface area (Å²) in [6.45, 7) is 5.88. The molecule has 1 saturated carbocycles. The van der Waals surface area contributed by atoms with E-state index >= 15 is 0 Å². The molecule has 1 heterocycles. The molecule has 2 N–H and O–H groups in total. The fourth-order valence-corrected chi connectivity index (χ4v) is 4.88. The van der Waals surface area contributed by atoms with Gasteiger partial charge in [-0.05, 0) is 44.2 Å². The van der Waals surface area contributed by atoms with Crippen molar-refractivity contribution in [3.8, 4) is 0 Å². The van der Waals surface area contributed by atoms with Crippen LogP contribution in [0.3, 0.4) is 0 Å². The van der Waals surface area contributed by atoms with Gasteiger partial charge in [-0.3, -0.25) is 0 Å². The lowest BCUT2D eigenvalue weighted by Crippen LogP contribution is -2.47. The van der Waals surface area contributed by atoms with E-state index in [1.807, 2.05) is 0 Å². The molecule has 1 unspecified atom stereocenters. The minimum absolute atomic E-state index is 0.449. The fourth-order valence-electron chi connectivity index (χ4n) is 3.54. The predicted molar refractivity (Wildman–Crippen MR) is 86.3 cm³/mol. The Labute approximate surface area is 130 Å². The van der Waals surface area contributed by atoms with Crippen LogP contribution in [0.15, 0.2) is 0 Å². The highest BCUT2D eigenvalue weighted by molar-refractivity contribution is 7.87. The summed E-state index contributed by atoms with van der Waals surface area (Å²) < 4.78 is 29.2. The van der Waals surface area contributed by atoms with Crippen LogP contribution in [-0.4, -0.2) is 45.4 Å². The largest absolute Gasteiger partial charge is 0.317 e. The number of hydrogen-bond donors (Lipinski definition) is 2. The molecule has 0 aromatic carbocycles. The lowest BCUT2D eigenvalue weighted by atomic mass is 10.00. The SMILES string of the molecule is CCNCC1CCCN(S(=O)(=O)NCCC2CCCC2)C1. The molecule has 6 heteroatoms. The summed E-state index contributed by atoms with van der Waals surface area (Å²) in [5.74, 6) is 1.18. The average molecular weight is 317 g/mol. The van der Waals surface area contributed by atoms with Crippen molar-refractivity contribution in [1.82, 2.24) is 14.3 Å². The normalized spacial score (nSPS) is 25.5. The van der Waals surface area contributed by atoms with Crippen molar-refractivity contribution < 1.29 is 8.42 Å². The van der Waals surface area contributed by atoms with Crippen LogP contribution in [0.1, 0.15) is 51.9 Å². The first-order chi connectivity index (χ1) is 10.1. The predicted octanol–water partition coefficient (Wildman–Crippen LogP) is 1.72. The van der Waals surface area contributed by atoms with Crippen molar-refractivity contribution in [1.29, 1.82) is 0 Å². The molecule has 1 saturated heterocycles. The standard InChI is InChI=1S/C15H31N3O2S/c1-2-16-12-15-8-5-11-18(13-15)21(19,20)17-10-9-14-6-3-4-7-14/h14-17H,2-13H2,1H3. The van der Waals surface area contributed by atoms with Gasteiger partial charge in [-0.25, -0.2) is 4.72 Å².